The van der Waals surface area contributed by atoms with Crippen LogP contribution in [0.3, 0.4) is 0 Å². The van der Waals surface area contributed by atoms with E-state index in [0.717, 1.165) is 32.8 Å². The van der Waals surface area contributed by atoms with Crippen molar-refractivity contribution in [1.82, 2.24) is 10.2 Å². The van der Waals surface area contributed by atoms with Gasteiger partial charge in [-0.1, -0.05) is 30.3 Å². The van der Waals surface area contributed by atoms with E-state index in [-0.39, 0.29) is 12.4 Å². The number of hydrogen-bond donors (Lipinski definition) is 1. The van der Waals surface area contributed by atoms with Crippen molar-refractivity contribution in [3.05, 3.63) is 35.9 Å². The van der Waals surface area contributed by atoms with Crippen molar-refractivity contribution in [3.8, 4) is 0 Å². The van der Waals surface area contributed by atoms with Crippen LogP contribution in [0.15, 0.2) is 30.3 Å². The second kappa shape index (κ2) is 5.83. The molecule has 0 saturated carbocycles. The fourth-order valence-electron chi connectivity index (χ4n) is 2.68. The minimum atomic E-state index is 0. The lowest BCUT2D eigenvalue weighted by atomic mass is 10.1. The largest absolute Gasteiger partial charge is 0.374 e. The van der Waals surface area contributed by atoms with Gasteiger partial charge in [-0.05, 0) is 5.56 Å². The van der Waals surface area contributed by atoms with Crippen molar-refractivity contribution in [2.75, 3.05) is 26.2 Å². The number of halogens is 1. The second-order valence-corrected chi connectivity index (χ2v) is 4.59. The van der Waals surface area contributed by atoms with E-state index in [9.17, 15) is 0 Å². The third-order valence-electron chi connectivity index (χ3n) is 3.54. The predicted molar refractivity (Wildman–Crippen MR) is 70.5 cm³/mol. The number of fused-ring (bicyclic) bond motifs is 1. The Kier molecular flexibility index (Phi) is 4.40. The van der Waals surface area contributed by atoms with Gasteiger partial charge < -0.3 is 10.1 Å². The quantitative estimate of drug-likeness (QED) is 0.861. The molecular weight excluding hydrogens is 236 g/mol. The fraction of sp³-hybridized carbons (Fsp3) is 0.538. The molecule has 0 spiro atoms. The molecule has 0 bridgehead atoms. The molecule has 0 aromatic heterocycles. The number of nitrogens with zero attached hydrogens (tertiary/aromatic N) is 1. The van der Waals surface area contributed by atoms with Crippen molar-refractivity contribution in [2.24, 2.45) is 0 Å². The van der Waals surface area contributed by atoms with Crippen LogP contribution in [0.2, 0.25) is 0 Å². The zero-order valence-electron chi connectivity index (χ0n) is 9.84. The second-order valence-electron chi connectivity index (χ2n) is 4.59. The predicted octanol–water partition coefficient (Wildman–Crippen LogP) is 1.28. The van der Waals surface area contributed by atoms with E-state index in [0.29, 0.717) is 12.1 Å². The van der Waals surface area contributed by atoms with Crippen molar-refractivity contribution in [2.45, 2.75) is 18.7 Å². The Morgan fingerprint density at radius 3 is 2.88 bits per heavy atom. The highest BCUT2D eigenvalue weighted by Crippen LogP contribution is 2.19. The Morgan fingerprint density at radius 2 is 2.06 bits per heavy atom. The van der Waals surface area contributed by atoms with E-state index < -0.39 is 0 Å². The monoisotopic (exact) mass is 254 g/mol. The van der Waals surface area contributed by atoms with Crippen LogP contribution >= 0.6 is 12.4 Å². The molecule has 0 aliphatic carbocycles. The Balaban J connectivity index is 0.00000108. The van der Waals surface area contributed by atoms with Gasteiger partial charge in [0.1, 0.15) is 0 Å². The summed E-state index contributed by atoms with van der Waals surface area (Å²) < 4.78 is 5.77. The molecule has 2 atom stereocenters. The lowest BCUT2D eigenvalue weighted by Crippen LogP contribution is -2.50. The van der Waals surface area contributed by atoms with Crippen LogP contribution in [0.5, 0.6) is 0 Å². The van der Waals surface area contributed by atoms with Crippen molar-refractivity contribution in [3.63, 3.8) is 0 Å². The number of ether oxygens (including phenoxy) is 1. The van der Waals surface area contributed by atoms with Gasteiger partial charge in [-0.15, -0.1) is 12.4 Å². The van der Waals surface area contributed by atoms with Gasteiger partial charge in [0.25, 0.3) is 0 Å². The standard InChI is InChI=1S/C13H18N2O.ClH/c1-2-4-11(5-3-1)10-15-6-7-16-13-9-14-8-12(13)15;/h1-5,12-14H,6-10H2;1H/t12-,13+;/m1./s1. The normalized spacial score (nSPS) is 28.5. The van der Waals surface area contributed by atoms with Crippen LogP contribution in [0.25, 0.3) is 0 Å². The van der Waals surface area contributed by atoms with Gasteiger partial charge in [0.2, 0.25) is 0 Å². The maximum Gasteiger partial charge on any atom is 0.0867 e. The van der Waals surface area contributed by atoms with Gasteiger partial charge in [-0.25, -0.2) is 0 Å². The minimum Gasteiger partial charge on any atom is -0.374 e. The van der Waals surface area contributed by atoms with Gasteiger partial charge in [-0.2, -0.15) is 0 Å². The summed E-state index contributed by atoms with van der Waals surface area (Å²) in [6.07, 6.45) is 0.400. The lowest BCUT2D eigenvalue weighted by molar-refractivity contribution is -0.0500. The van der Waals surface area contributed by atoms with Crippen LogP contribution < -0.4 is 5.32 Å². The molecule has 17 heavy (non-hydrogen) atoms. The molecule has 2 saturated heterocycles. The Labute approximate surface area is 109 Å². The van der Waals surface area contributed by atoms with Gasteiger partial charge in [0.15, 0.2) is 0 Å². The molecule has 1 N–H and O–H groups in total. The van der Waals surface area contributed by atoms with Crippen LogP contribution in [0, 0.1) is 0 Å². The molecule has 0 unspecified atom stereocenters. The molecule has 2 aliphatic heterocycles. The highest BCUT2D eigenvalue weighted by molar-refractivity contribution is 5.85. The highest BCUT2D eigenvalue weighted by Gasteiger charge is 2.35. The van der Waals surface area contributed by atoms with Crippen molar-refractivity contribution >= 4 is 12.4 Å². The molecule has 0 amide bonds. The smallest absolute Gasteiger partial charge is 0.0867 e. The summed E-state index contributed by atoms with van der Waals surface area (Å²) in [7, 11) is 0. The fourth-order valence-corrected chi connectivity index (χ4v) is 2.68. The third-order valence-corrected chi connectivity index (χ3v) is 3.54. The van der Waals surface area contributed by atoms with Crippen LogP contribution in [-0.4, -0.2) is 43.3 Å². The average molecular weight is 255 g/mol. The molecule has 1 aromatic carbocycles. The number of benzene rings is 1. The number of hydrogen-bond acceptors (Lipinski definition) is 3. The molecule has 2 heterocycles. The first-order valence-electron chi connectivity index (χ1n) is 6.04. The summed E-state index contributed by atoms with van der Waals surface area (Å²) >= 11 is 0. The first kappa shape index (κ1) is 12.8. The SMILES string of the molecule is Cl.c1ccc(CN2CCO[C@H]3CNC[C@H]32)cc1. The molecule has 3 rings (SSSR count). The molecular formula is C13H19ClN2O. The summed E-state index contributed by atoms with van der Waals surface area (Å²) in [5.41, 5.74) is 1.40. The molecule has 0 radical (unpaired) electrons. The van der Waals surface area contributed by atoms with Crippen molar-refractivity contribution in [1.29, 1.82) is 0 Å². The highest BCUT2D eigenvalue weighted by atomic mass is 35.5. The number of morpholine rings is 1. The van der Waals surface area contributed by atoms with Gasteiger partial charge in [-0.3, -0.25) is 4.90 Å². The van der Waals surface area contributed by atoms with E-state index >= 15 is 0 Å². The third kappa shape index (κ3) is 2.80. The lowest BCUT2D eigenvalue weighted by Gasteiger charge is -2.36. The van der Waals surface area contributed by atoms with E-state index in [1.807, 2.05) is 0 Å². The number of nitrogens with one attached hydrogen (secondary N) is 1. The molecule has 94 valence electrons. The maximum atomic E-state index is 5.77. The maximum absolute atomic E-state index is 5.77. The van der Waals surface area contributed by atoms with E-state index in [2.05, 4.69) is 40.5 Å². The first-order chi connectivity index (χ1) is 7.93. The number of rotatable bonds is 2. The summed E-state index contributed by atoms with van der Waals surface area (Å²) in [4.78, 5) is 2.55. The summed E-state index contributed by atoms with van der Waals surface area (Å²) in [5.74, 6) is 0. The van der Waals surface area contributed by atoms with Crippen LogP contribution in [-0.2, 0) is 11.3 Å². The van der Waals surface area contributed by atoms with Gasteiger partial charge >= 0.3 is 0 Å². The van der Waals surface area contributed by atoms with Gasteiger partial charge in [0.05, 0.1) is 12.7 Å². The van der Waals surface area contributed by atoms with Crippen LogP contribution in [0.4, 0.5) is 0 Å². The summed E-state index contributed by atoms with van der Waals surface area (Å²) in [5, 5.41) is 3.41. The van der Waals surface area contributed by atoms with Crippen molar-refractivity contribution < 1.29 is 4.74 Å². The average Bonchev–Trinajstić information content (AvgIpc) is 2.80. The molecule has 2 aliphatic rings. The zero-order valence-corrected chi connectivity index (χ0v) is 10.7. The Morgan fingerprint density at radius 1 is 1.24 bits per heavy atom. The molecule has 1 aromatic rings. The summed E-state index contributed by atoms with van der Waals surface area (Å²) in [6, 6.07) is 11.3. The Bertz CT molecular complexity index is 347. The Hall–Kier alpha value is -0.610. The molecule has 3 nitrogen and oxygen atoms in total. The topological polar surface area (TPSA) is 24.5 Å². The van der Waals surface area contributed by atoms with E-state index in [1.54, 1.807) is 0 Å². The molecule has 4 heteroatoms. The zero-order chi connectivity index (χ0) is 10.8. The van der Waals surface area contributed by atoms with Gasteiger partial charge in [0, 0.05) is 32.2 Å². The minimum absolute atomic E-state index is 0. The van der Waals surface area contributed by atoms with Crippen LogP contribution in [0.1, 0.15) is 5.56 Å². The van der Waals surface area contributed by atoms with E-state index in [4.69, 9.17) is 4.74 Å². The summed E-state index contributed by atoms with van der Waals surface area (Å²) in [6.45, 7) is 5.05. The van der Waals surface area contributed by atoms with E-state index in [1.165, 1.54) is 5.56 Å². The first-order valence-corrected chi connectivity index (χ1v) is 6.04. The molecule has 2 fully saturated rings.